The molecule has 1 aromatic carbocycles. The maximum atomic E-state index is 5.36. The molecule has 2 aromatic heterocycles. The third kappa shape index (κ3) is 2.51. The first-order valence-electron chi connectivity index (χ1n) is 7.43. The number of fused-ring (bicyclic) bond motifs is 1. The quantitative estimate of drug-likeness (QED) is 0.726. The van der Waals surface area contributed by atoms with Crippen molar-refractivity contribution in [1.29, 1.82) is 0 Å². The van der Waals surface area contributed by atoms with E-state index in [1.165, 1.54) is 0 Å². The predicted molar refractivity (Wildman–Crippen MR) is 85.8 cm³/mol. The summed E-state index contributed by atoms with van der Waals surface area (Å²) in [6.07, 6.45) is 0. The highest BCUT2D eigenvalue weighted by molar-refractivity contribution is 5.80. The summed E-state index contributed by atoms with van der Waals surface area (Å²) in [5.41, 5.74) is 2.61. The SMILES string of the molecule is c1ccc2nc(-c3ccc(N4CCOCC4)nn3)ccc2c1. The zero-order chi connectivity index (χ0) is 14.8. The van der Waals surface area contributed by atoms with Crippen LogP contribution in [0.5, 0.6) is 0 Å². The Balaban J connectivity index is 1.63. The number of anilines is 1. The van der Waals surface area contributed by atoms with Gasteiger partial charge in [-0.3, -0.25) is 0 Å². The van der Waals surface area contributed by atoms with Gasteiger partial charge in [0.1, 0.15) is 5.69 Å². The molecule has 0 amide bonds. The highest BCUT2D eigenvalue weighted by Gasteiger charge is 2.13. The average Bonchev–Trinajstić information content (AvgIpc) is 2.62. The molecule has 0 aliphatic carbocycles. The predicted octanol–water partition coefficient (Wildman–Crippen LogP) is 2.53. The number of rotatable bonds is 2. The standard InChI is InChI=1S/C17H16N4O/c1-2-4-14-13(3-1)5-6-15(18-14)16-7-8-17(20-19-16)21-9-11-22-12-10-21/h1-8H,9-12H2. The summed E-state index contributed by atoms with van der Waals surface area (Å²) < 4.78 is 5.36. The monoisotopic (exact) mass is 292 g/mol. The van der Waals surface area contributed by atoms with Crippen LogP contribution in [-0.2, 0) is 4.74 Å². The lowest BCUT2D eigenvalue weighted by molar-refractivity contribution is 0.122. The molecule has 0 unspecified atom stereocenters. The second-order valence-corrected chi connectivity index (χ2v) is 5.27. The number of hydrogen-bond donors (Lipinski definition) is 0. The molecule has 0 atom stereocenters. The summed E-state index contributed by atoms with van der Waals surface area (Å²) in [5, 5.41) is 9.80. The molecule has 22 heavy (non-hydrogen) atoms. The number of morpholine rings is 1. The Morgan fingerprint density at radius 2 is 1.64 bits per heavy atom. The molecule has 5 heteroatoms. The summed E-state index contributed by atoms with van der Waals surface area (Å²) >= 11 is 0. The third-order valence-electron chi connectivity index (χ3n) is 3.85. The summed E-state index contributed by atoms with van der Waals surface area (Å²) in [5.74, 6) is 0.896. The van der Waals surface area contributed by atoms with Gasteiger partial charge in [0, 0.05) is 18.5 Å². The van der Waals surface area contributed by atoms with Gasteiger partial charge in [-0.2, -0.15) is 0 Å². The van der Waals surface area contributed by atoms with E-state index >= 15 is 0 Å². The van der Waals surface area contributed by atoms with Crippen LogP contribution in [0.3, 0.4) is 0 Å². The van der Waals surface area contributed by atoms with Crippen molar-refractivity contribution in [3.05, 3.63) is 48.5 Å². The Morgan fingerprint density at radius 3 is 2.45 bits per heavy atom. The van der Waals surface area contributed by atoms with Gasteiger partial charge in [-0.15, -0.1) is 10.2 Å². The highest BCUT2D eigenvalue weighted by Crippen LogP contribution is 2.20. The number of benzene rings is 1. The molecule has 5 nitrogen and oxygen atoms in total. The zero-order valence-corrected chi connectivity index (χ0v) is 12.1. The van der Waals surface area contributed by atoms with Crippen molar-refractivity contribution in [1.82, 2.24) is 15.2 Å². The Kier molecular flexibility index (Phi) is 3.40. The van der Waals surface area contributed by atoms with E-state index < -0.39 is 0 Å². The van der Waals surface area contributed by atoms with E-state index in [0.717, 1.165) is 54.4 Å². The molecule has 0 bridgehead atoms. The molecule has 3 heterocycles. The lowest BCUT2D eigenvalue weighted by Crippen LogP contribution is -2.36. The highest BCUT2D eigenvalue weighted by atomic mass is 16.5. The first-order chi connectivity index (χ1) is 10.9. The van der Waals surface area contributed by atoms with Crippen molar-refractivity contribution in [2.75, 3.05) is 31.2 Å². The van der Waals surface area contributed by atoms with Gasteiger partial charge in [-0.25, -0.2) is 4.98 Å². The fraction of sp³-hybridized carbons (Fsp3) is 0.235. The fourth-order valence-corrected chi connectivity index (χ4v) is 2.63. The largest absolute Gasteiger partial charge is 0.378 e. The fourth-order valence-electron chi connectivity index (χ4n) is 2.63. The van der Waals surface area contributed by atoms with Crippen molar-refractivity contribution in [3.8, 4) is 11.4 Å². The molecule has 0 saturated carbocycles. The van der Waals surface area contributed by atoms with Crippen molar-refractivity contribution in [3.63, 3.8) is 0 Å². The molecule has 4 rings (SSSR count). The normalized spacial score (nSPS) is 15.2. The lowest BCUT2D eigenvalue weighted by atomic mass is 10.2. The first kappa shape index (κ1) is 13.2. The maximum absolute atomic E-state index is 5.36. The van der Waals surface area contributed by atoms with Gasteiger partial charge >= 0.3 is 0 Å². The van der Waals surface area contributed by atoms with Gasteiger partial charge in [0.2, 0.25) is 0 Å². The number of para-hydroxylation sites is 1. The van der Waals surface area contributed by atoms with Crippen LogP contribution in [0.25, 0.3) is 22.3 Å². The number of aromatic nitrogens is 3. The van der Waals surface area contributed by atoms with Crippen LogP contribution in [0, 0.1) is 0 Å². The van der Waals surface area contributed by atoms with E-state index in [1.807, 2.05) is 36.4 Å². The molecule has 1 saturated heterocycles. The van der Waals surface area contributed by atoms with Crippen LogP contribution in [0.1, 0.15) is 0 Å². The molecule has 1 aliphatic rings. The van der Waals surface area contributed by atoms with Gasteiger partial charge < -0.3 is 9.64 Å². The zero-order valence-electron chi connectivity index (χ0n) is 12.1. The van der Waals surface area contributed by atoms with Crippen LogP contribution in [-0.4, -0.2) is 41.5 Å². The Morgan fingerprint density at radius 1 is 0.818 bits per heavy atom. The molecule has 0 radical (unpaired) electrons. The third-order valence-corrected chi connectivity index (χ3v) is 3.85. The van der Waals surface area contributed by atoms with Crippen LogP contribution in [0.15, 0.2) is 48.5 Å². The van der Waals surface area contributed by atoms with E-state index in [9.17, 15) is 0 Å². The average molecular weight is 292 g/mol. The summed E-state index contributed by atoms with van der Waals surface area (Å²) in [6, 6.07) is 16.1. The van der Waals surface area contributed by atoms with Gasteiger partial charge in [0.15, 0.2) is 5.82 Å². The second-order valence-electron chi connectivity index (χ2n) is 5.27. The maximum Gasteiger partial charge on any atom is 0.151 e. The summed E-state index contributed by atoms with van der Waals surface area (Å²) in [6.45, 7) is 3.22. The van der Waals surface area contributed by atoms with Crippen molar-refractivity contribution in [2.45, 2.75) is 0 Å². The minimum Gasteiger partial charge on any atom is -0.378 e. The van der Waals surface area contributed by atoms with E-state index in [0.29, 0.717) is 0 Å². The molecule has 0 spiro atoms. The summed E-state index contributed by atoms with van der Waals surface area (Å²) in [4.78, 5) is 6.84. The number of pyridine rings is 1. The minimum absolute atomic E-state index is 0.746. The molecule has 110 valence electrons. The number of ether oxygens (including phenoxy) is 1. The van der Waals surface area contributed by atoms with Crippen molar-refractivity contribution >= 4 is 16.7 Å². The van der Waals surface area contributed by atoms with Crippen LogP contribution in [0.4, 0.5) is 5.82 Å². The van der Waals surface area contributed by atoms with E-state index in [1.54, 1.807) is 0 Å². The second kappa shape index (κ2) is 5.69. The van der Waals surface area contributed by atoms with Gasteiger partial charge in [0.25, 0.3) is 0 Å². The smallest absolute Gasteiger partial charge is 0.151 e. The van der Waals surface area contributed by atoms with Crippen LogP contribution < -0.4 is 4.90 Å². The molecule has 1 fully saturated rings. The Labute approximate surface area is 128 Å². The minimum atomic E-state index is 0.746. The molecule has 3 aromatic rings. The van der Waals surface area contributed by atoms with Crippen LogP contribution >= 0.6 is 0 Å². The van der Waals surface area contributed by atoms with Crippen LogP contribution in [0.2, 0.25) is 0 Å². The van der Waals surface area contributed by atoms with Gasteiger partial charge in [-0.05, 0) is 24.3 Å². The molecular weight excluding hydrogens is 276 g/mol. The van der Waals surface area contributed by atoms with Crippen molar-refractivity contribution < 1.29 is 4.74 Å². The Hall–Kier alpha value is -2.53. The Bertz CT molecular complexity index is 782. The topological polar surface area (TPSA) is 51.1 Å². The van der Waals surface area contributed by atoms with E-state index in [-0.39, 0.29) is 0 Å². The molecule has 0 N–H and O–H groups in total. The molecular formula is C17H16N4O. The number of nitrogens with zero attached hydrogens (tertiary/aromatic N) is 4. The van der Waals surface area contributed by atoms with E-state index in [4.69, 9.17) is 4.74 Å². The molecule has 1 aliphatic heterocycles. The lowest BCUT2D eigenvalue weighted by Gasteiger charge is -2.27. The van der Waals surface area contributed by atoms with E-state index in [2.05, 4.69) is 32.2 Å². The van der Waals surface area contributed by atoms with Gasteiger partial charge in [0.05, 0.1) is 24.4 Å². The van der Waals surface area contributed by atoms with Gasteiger partial charge in [-0.1, -0.05) is 24.3 Å². The van der Waals surface area contributed by atoms with Crippen molar-refractivity contribution in [2.24, 2.45) is 0 Å². The number of hydrogen-bond acceptors (Lipinski definition) is 5. The first-order valence-corrected chi connectivity index (χ1v) is 7.43. The summed E-state index contributed by atoms with van der Waals surface area (Å²) in [7, 11) is 0.